The zero-order chi connectivity index (χ0) is 19.1. The predicted octanol–water partition coefficient (Wildman–Crippen LogP) is 4.51. The van der Waals surface area contributed by atoms with E-state index in [2.05, 4.69) is 21.2 Å². The first kappa shape index (κ1) is 19.2. The molecule has 2 rings (SSSR count). The fourth-order valence-electron chi connectivity index (χ4n) is 2.24. The van der Waals surface area contributed by atoms with E-state index in [-0.39, 0.29) is 12.2 Å². The van der Waals surface area contributed by atoms with Crippen molar-refractivity contribution >= 4 is 33.6 Å². The lowest BCUT2D eigenvalue weighted by Crippen LogP contribution is -2.14. The van der Waals surface area contributed by atoms with E-state index < -0.39 is 5.91 Å². The normalized spacial score (nSPS) is 10.6. The second-order valence-corrected chi connectivity index (χ2v) is 6.49. The Kier molecular flexibility index (Phi) is 6.54. The topological polar surface area (TPSA) is 85.9 Å². The molecule has 0 spiro atoms. The van der Waals surface area contributed by atoms with Crippen molar-refractivity contribution in [3.05, 3.63) is 63.1 Å². The molecule has 1 amide bonds. The second kappa shape index (κ2) is 8.84. The summed E-state index contributed by atoms with van der Waals surface area (Å²) in [6.07, 6.45) is 1.44. The molecule has 1 N–H and O–H groups in total. The average molecular weight is 410 g/mol. The van der Waals surface area contributed by atoms with E-state index in [0.29, 0.717) is 17.0 Å². The Labute approximate surface area is 160 Å². The zero-order valence-electron chi connectivity index (χ0n) is 14.3. The summed E-state index contributed by atoms with van der Waals surface area (Å²) in [7, 11) is 0. The summed E-state index contributed by atoms with van der Waals surface area (Å²) in [5.74, 6) is -0.0885. The van der Waals surface area contributed by atoms with Gasteiger partial charge in [0.15, 0.2) is 6.61 Å². The van der Waals surface area contributed by atoms with Crippen LogP contribution in [0.4, 0.5) is 5.69 Å². The predicted molar refractivity (Wildman–Crippen MR) is 103 cm³/mol. The molecule has 0 aliphatic rings. The van der Waals surface area contributed by atoms with Crippen molar-refractivity contribution in [1.82, 2.24) is 0 Å². The highest BCUT2D eigenvalue weighted by molar-refractivity contribution is 9.10. The first-order chi connectivity index (χ1) is 12.4. The standard InChI is InChI=1S/C20H16BrN3O2/c1-13-3-4-14(2)18(9-13)24-20(25)16(12-23)10-15-11-17(21)5-6-19(15)26-8-7-22/h3-6,9-11H,8H2,1-2H3,(H,24,25)/b16-10+. The van der Waals surface area contributed by atoms with Crippen LogP contribution in [-0.4, -0.2) is 12.5 Å². The zero-order valence-corrected chi connectivity index (χ0v) is 15.9. The molecule has 0 saturated carbocycles. The van der Waals surface area contributed by atoms with Crippen molar-refractivity contribution in [1.29, 1.82) is 10.5 Å². The van der Waals surface area contributed by atoms with Crippen molar-refractivity contribution < 1.29 is 9.53 Å². The summed E-state index contributed by atoms with van der Waals surface area (Å²) < 4.78 is 6.12. The summed E-state index contributed by atoms with van der Waals surface area (Å²) in [5.41, 5.74) is 3.04. The number of hydrogen-bond donors (Lipinski definition) is 1. The molecule has 5 nitrogen and oxygen atoms in total. The minimum absolute atomic E-state index is 0.0641. The number of halogens is 1. The molecule has 0 aromatic heterocycles. The first-order valence-corrected chi connectivity index (χ1v) is 8.53. The van der Waals surface area contributed by atoms with Crippen LogP contribution >= 0.6 is 15.9 Å². The lowest BCUT2D eigenvalue weighted by Gasteiger charge is -2.10. The number of nitriles is 2. The molecule has 0 saturated heterocycles. The van der Waals surface area contributed by atoms with E-state index in [9.17, 15) is 10.1 Å². The molecule has 0 atom stereocenters. The molecule has 0 radical (unpaired) electrons. The molecule has 6 heteroatoms. The number of hydrogen-bond acceptors (Lipinski definition) is 4. The minimum Gasteiger partial charge on any atom is -0.478 e. The highest BCUT2D eigenvalue weighted by atomic mass is 79.9. The number of amides is 1. The van der Waals surface area contributed by atoms with Crippen LogP contribution in [0.3, 0.4) is 0 Å². The third kappa shape index (κ3) is 4.95. The van der Waals surface area contributed by atoms with E-state index >= 15 is 0 Å². The van der Waals surface area contributed by atoms with E-state index in [1.54, 1.807) is 18.2 Å². The van der Waals surface area contributed by atoms with E-state index in [4.69, 9.17) is 10.00 Å². The van der Waals surface area contributed by atoms with Crippen molar-refractivity contribution in [3.8, 4) is 17.9 Å². The molecule has 2 aromatic carbocycles. The van der Waals surface area contributed by atoms with Gasteiger partial charge in [-0.25, -0.2) is 0 Å². The largest absolute Gasteiger partial charge is 0.478 e. The quantitative estimate of drug-likeness (QED) is 0.580. The Morgan fingerprint density at radius 3 is 2.69 bits per heavy atom. The minimum atomic E-state index is -0.507. The third-order valence-corrected chi connectivity index (χ3v) is 4.06. The average Bonchev–Trinajstić information content (AvgIpc) is 2.61. The SMILES string of the molecule is Cc1ccc(C)c(NC(=O)/C(C#N)=C/c2cc(Br)ccc2OCC#N)c1. The first-order valence-electron chi connectivity index (χ1n) is 7.74. The molecule has 0 fully saturated rings. The fourth-order valence-corrected chi connectivity index (χ4v) is 2.62. The van der Waals surface area contributed by atoms with Gasteiger partial charge in [0.2, 0.25) is 0 Å². The van der Waals surface area contributed by atoms with Crippen molar-refractivity contribution in [2.75, 3.05) is 11.9 Å². The van der Waals surface area contributed by atoms with Gasteiger partial charge < -0.3 is 10.1 Å². The van der Waals surface area contributed by atoms with Gasteiger partial charge in [0, 0.05) is 15.7 Å². The van der Waals surface area contributed by atoms with Crippen LogP contribution in [0.2, 0.25) is 0 Å². The molecule has 26 heavy (non-hydrogen) atoms. The molecule has 0 bridgehead atoms. The van der Waals surface area contributed by atoms with Gasteiger partial charge >= 0.3 is 0 Å². The van der Waals surface area contributed by atoms with E-state index in [1.807, 2.05) is 44.2 Å². The molecule has 0 aliphatic heterocycles. The maximum Gasteiger partial charge on any atom is 0.266 e. The Morgan fingerprint density at radius 1 is 1.23 bits per heavy atom. The molecule has 0 heterocycles. The van der Waals surface area contributed by atoms with Gasteiger partial charge in [-0.1, -0.05) is 28.1 Å². The number of ether oxygens (including phenoxy) is 1. The number of aryl methyl sites for hydroxylation is 2. The number of anilines is 1. The third-order valence-electron chi connectivity index (χ3n) is 3.57. The lowest BCUT2D eigenvalue weighted by atomic mass is 10.1. The smallest absolute Gasteiger partial charge is 0.266 e. The van der Waals surface area contributed by atoms with E-state index in [1.165, 1.54) is 6.08 Å². The van der Waals surface area contributed by atoms with Gasteiger partial charge in [0.25, 0.3) is 5.91 Å². The second-order valence-electron chi connectivity index (χ2n) is 5.57. The summed E-state index contributed by atoms with van der Waals surface area (Å²) in [6.45, 7) is 3.68. The summed E-state index contributed by atoms with van der Waals surface area (Å²) in [4.78, 5) is 12.5. The summed E-state index contributed by atoms with van der Waals surface area (Å²) in [6, 6.07) is 14.7. The van der Waals surface area contributed by atoms with Crippen LogP contribution in [0.1, 0.15) is 16.7 Å². The number of benzene rings is 2. The Morgan fingerprint density at radius 2 is 2.00 bits per heavy atom. The van der Waals surface area contributed by atoms with Gasteiger partial charge in [0.1, 0.15) is 23.5 Å². The number of carbonyl (C=O) groups excluding carboxylic acids is 1. The fraction of sp³-hybridized carbons (Fsp3) is 0.150. The number of carbonyl (C=O) groups is 1. The molecule has 2 aromatic rings. The van der Waals surface area contributed by atoms with Gasteiger partial charge in [-0.15, -0.1) is 0 Å². The molecule has 0 aliphatic carbocycles. The van der Waals surface area contributed by atoms with Gasteiger partial charge in [0.05, 0.1) is 0 Å². The maximum absolute atomic E-state index is 12.5. The molecule has 0 unspecified atom stereocenters. The van der Waals surface area contributed by atoms with Crippen LogP contribution in [0.5, 0.6) is 5.75 Å². The van der Waals surface area contributed by atoms with Crippen LogP contribution in [0.15, 0.2) is 46.4 Å². The summed E-state index contributed by atoms with van der Waals surface area (Å²) in [5, 5.41) is 20.9. The van der Waals surface area contributed by atoms with Crippen LogP contribution < -0.4 is 10.1 Å². The van der Waals surface area contributed by atoms with E-state index in [0.717, 1.165) is 15.6 Å². The Bertz CT molecular complexity index is 953. The monoisotopic (exact) mass is 409 g/mol. The van der Waals surface area contributed by atoms with Crippen molar-refractivity contribution in [3.63, 3.8) is 0 Å². The number of rotatable bonds is 5. The van der Waals surface area contributed by atoms with Crippen LogP contribution in [0, 0.1) is 36.5 Å². The number of nitrogens with zero attached hydrogens (tertiary/aromatic N) is 2. The summed E-state index contributed by atoms with van der Waals surface area (Å²) >= 11 is 3.35. The Balaban J connectivity index is 2.34. The van der Waals surface area contributed by atoms with Crippen LogP contribution in [-0.2, 0) is 4.79 Å². The molecule has 130 valence electrons. The highest BCUT2D eigenvalue weighted by Gasteiger charge is 2.13. The molecular formula is C20H16BrN3O2. The maximum atomic E-state index is 12.5. The highest BCUT2D eigenvalue weighted by Crippen LogP contribution is 2.26. The number of nitrogens with one attached hydrogen (secondary N) is 1. The van der Waals surface area contributed by atoms with Gasteiger partial charge in [-0.05, 0) is 55.3 Å². The van der Waals surface area contributed by atoms with Crippen molar-refractivity contribution in [2.24, 2.45) is 0 Å². The lowest BCUT2D eigenvalue weighted by molar-refractivity contribution is -0.112. The van der Waals surface area contributed by atoms with Gasteiger partial charge in [-0.3, -0.25) is 4.79 Å². The van der Waals surface area contributed by atoms with Crippen molar-refractivity contribution in [2.45, 2.75) is 13.8 Å². The van der Waals surface area contributed by atoms with Crippen LogP contribution in [0.25, 0.3) is 6.08 Å². The Hall–Kier alpha value is -3.09. The molecular weight excluding hydrogens is 394 g/mol. The van der Waals surface area contributed by atoms with Gasteiger partial charge in [-0.2, -0.15) is 10.5 Å².